The van der Waals surface area contributed by atoms with Gasteiger partial charge in [0.2, 0.25) is 0 Å². The van der Waals surface area contributed by atoms with Crippen molar-refractivity contribution in [1.82, 2.24) is 10.6 Å². The van der Waals surface area contributed by atoms with Crippen LogP contribution in [0.2, 0.25) is 0 Å². The molecule has 0 saturated carbocycles. The number of benzene rings is 1. The Balaban J connectivity index is 0.00000484. The number of hydrogen-bond donors (Lipinski definition) is 2. The van der Waals surface area contributed by atoms with Crippen LogP contribution < -0.4 is 20.1 Å². The Morgan fingerprint density at radius 2 is 1.87 bits per heavy atom. The molecule has 1 unspecified atom stereocenters. The zero-order chi connectivity index (χ0) is 16.5. The number of ether oxygens (including phenoxy) is 2. The summed E-state index contributed by atoms with van der Waals surface area (Å²) in [6, 6.07) is 6.22. The first-order chi connectivity index (χ1) is 10.5. The first kappa shape index (κ1) is 21.8. The van der Waals surface area contributed by atoms with Gasteiger partial charge < -0.3 is 20.1 Å². The summed E-state index contributed by atoms with van der Waals surface area (Å²) in [4.78, 5) is 4.26. The molecular weight excluding hydrogens is 405 g/mol. The molecule has 0 radical (unpaired) electrons. The Morgan fingerprint density at radius 3 is 2.39 bits per heavy atom. The molecule has 0 saturated heterocycles. The van der Waals surface area contributed by atoms with E-state index in [-0.39, 0.29) is 24.0 Å². The highest BCUT2D eigenvalue weighted by Crippen LogP contribution is 2.24. The van der Waals surface area contributed by atoms with Gasteiger partial charge in [-0.1, -0.05) is 13.8 Å². The molecule has 1 aromatic carbocycles. The third kappa shape index (κ3) is 7.28. The summed E-state index contributed by atoms with van der Waals surface area (Å²) < 4.78 is 10.7. The Hall–Kier alpha value is -1.18. The minimum absolute atomic E-state index is 0. The highest BCUT2D eigenvalue weighted by atomic mass is 127. The van der Waals surface area contributed by atoms with E-state index in [9.17, 15) is 0 Å². The van der Waals surface area contributed by atoms with Gasteiger partial charge in [0.15, 0.2) is 5.96 Å². The first-order valence-electron chi connectivity index (χ1n) is 7.69. The Labute approximate surface area is 157 Å². The molecule has 0 aliphatic heterocycles. The van der Waals surface area contributed by atoms with Crippen LogP contribution in [0.3, 0.4) is 0 Å². The summed E-state index contributed by atoms with van der Waals surface area (Å²) in [6.07, 6.45) is 0.830. The molecule has 0 amide bonds. The second kappa shape index (κ2) is 11.4. The molecule has 132 valence electrons. The zero-order valence-corrected chi connectivity index (χ0v) is 17.3. The zero-order valence-electron chi connectivity index (χ0n) is 15.0. The molecule has 0 bridgehead atoms. The van der Waals surface area contributed by atoms with Gasteiger partial charge in [0, 0.05) is 19.6 Å². The van der Waals surface area contributed by atoms with Gasteiger partial charge in [0.25, 0.3) is 0 Å². The third-order valence-electron chi connectivity index (χ3n) is 3.76. The summed E-state index contributed by atoms with van der Waals surface area (Å²) >= 11 is 0. The topological polar surface area (TPSA) is 54.9 Å². The van der Waals surface area contributed by atoms with Crippen LogP contribution in [-0.2, 0) is 6.42 Å². The maximum absolute atomic E-state index is 5.40. The summed E-state index contributed by atoms with van der Waals surface area (Å²) in [5.74, 6) is 3.09. The molecule has 0 heterocycles. The van der Waals surface area contributed by atoms with E-state index in [2.05, 4.69) is 36.4 Å². The summed E-state index contributed by atoms with van der Waals surface area (Å²) in [5, 5.41) is 6.72. The Kier molecular flexibility index (Phi) is 10.8. The summed E-state index contributed by atoms with van der Waals surface area (Å²) in [7, 11) is 5.14. The van der Waals surface area contributed by atoms with Crippen molar-refractivity contribution in [3.63, 3.8) is 0 Å². The molecular formula is C17H30IN3O2. The van der Waals surface area contributed by atoms with Crippen LogP contribution in [0.1, 0.15) is 26.3 Å². The van der Waals surface area contributed by atoms with E-state index in [1.165, 1.54) is 0 Å². The number of methoxy groups -OCH3 is 2. The molecule has 0 aliphatic carbocycles. The van der Waals surface area contributed by atoms with E-state index in [1.54, 1.807) is 21.3 Å². The van der Waals surface area contributed by atoms with Gasteiger partial charge in [-0.15, -0.1) is 24.0 Å². The van der Waals surface area contributed by atoms with E-state index >= 15 is 0 Å². The van der Waals surface area contributed by atoms with E-state index in [4.69, 9.17) is 9.47 Å². The van der Waals surface area contributed by atoms with Crippen LogP contribution in [0, 0.1) is 5.92 Å². The summed E-state index contributed by atoms with van der Waals surface area (Å²) in [6.45, 7) is 7.30. The lowest BCUT2D eigenvalue weighted by Crippen LogP contribution is -2.44. The number of rotatable bonds is 7. The molecule has 23 heavy (non-hydrogen) atoms. The number of aliphatic imine (C=N–C) groups is 1. The monoisotopic (exact) mass is 435 g/mol. The maximum Gasteiger partial charge on any atom is 0.191 e. The van der Waals surface area contributed by atoms with Gasteiger partial charge in [-0.2, -0.15) is 0 Å². The molecule has 1 aromatic rings. The number of hydrogen-bond acceptors (Lipinski definition) is 3. The number of halogens is 1. The normalized spacial score (nSPS) is 12.4. The lowest BCUT2D eigenvalue weighted by Gasteiger charge is -2.21. The minimum atomic E-state index is 0. The predicted molar refractivity (Wildman–Crippen MR) is 107 cm³/mol. The molecule has 6 heteroatoms. The van der Waals surface area contributed by atoms with Crippen molar-refractivity contribution in [2.45, 2.75) is 33.2 Å². The standard InChI is InChI=1S/C17H29N3O2.HI/c1-12(2)13(3)20-17(18-4)19-10-9-14-11-15(21-5)7-8-16(14)22-6;/h7-8,11-13H,9-10H2,1-6H3,(H2,18,19,20);1H. The van der Waals surface area contributed by atoms with Gasteiger partial charge in [0.05, 0.1) is 14.2 Å². The maximum atomic E-state index is 5.40. The van der Waals surface area contributed by atoms with Crippen LogP contribution in [0.25, 0.3) is 0 Å². The smallest absolute Gasteiger partial charge is 0.191 e. The highest BCUT2D eigenvalue weighted by Gasteiger charge is 2.09. The second-order valence-corrected chi connectivity index (χ2v) is 5.60. The number of nitrogens with zero attached hydrogens (tertiary/aromatic N) is 1. The van der Waals surface area contributed by atoms with Crippen molar-refractivity contribution in [2.75, 3.05) is 27.8 Å². The molecule has 0 spiro atoms. The SMILES string of the molecule is CN=C(NCCc1cc(OC)ccc1OC)NC(C)C(C)C.I. The van der Waals surface area contributed by atoms with E-state index in [0.717, 1.165) is 36.0 Å². The quantitative estimate of drug-likeness (QED) is 0.393. The molecule has 5 nitrogen and oxygen atoms in total. The third-order valence-corrected chi connectivity index (χ3v) is 3.76. The largest absolute Gasteiger partial charge is 0.497 e. The van der Waals surface area contributed by atoms with Crippen molar-refractivity contribution >= 4 is 29.9 Å². The number of nitrogens with one attached hydrogen (secondary N) is 2. The Morgan fingerprint density at radius 1 is 1.17 bits per heavy atom. The average Bonchev–Trinajstić information content (AvgIpc) is 2.53. The fraction of sp³-hybridized carbons (Fsp3) is 0.588. The lowest BCUT2D eigenvalue weighted by atomic mass is 10.1. The van der Waals surface area contributed by atoms with Crippen molar-refractivity contribution in [3.8, 4) is 11.5 Å². The van der Waals surface area contributed by atoms with Gasteiger partial charge in [0.1, 0.15) is 11.5 Å². The number of guanidine groups is 1. The molecule has 2 N–H and O–H groups in total. The van der Waals surface area contributed by atoms with Crippen LogP contribution in [-0.4, -0.2) is 39.8 Å². The van der Waals surface area contributed by atoms with Crippen LogP contribution in [0.15, 0.2) is 23.2 Å². The summed E-state index contributed by atoms with van der Waals surface area (Å²) in [5.41, 5.74) is 1.11. The average molecular weight is 435 g/mol. The molecule has 1 atom stereocenters. The minimum Gasteiger partial charge on any atom is -0.497 e. The molecule has 1 rings (SSSR count). The fourth-order valence-corrected chi connectivity index (χ4v) is 1.97. The molecule has 0 aliphatic rings. The molecule has 0 aromatic heterocycles. The van der Waals surface area contributed by atoms with Crippen molar-refractivity contribution < 1.29 is 9.47 Å². The van der Waals surface area contributed by atoms with E-state index in [0.29, 0.717) is 12.0 Å². The second-order valence-electron chi connectivity index (χ2n) is 5.60. The van der Waals surface area contributed by atoms with Crippen molar-refractivity contribution in [3.05, 3.63) is 23.8 Å². The van der Waals surface area contributed by atoms with E-state index < -0.39 is 0 Å². The van der Waals surface area contributed by atoms with Gasteiger partial charge >= 0.3 is 0 Å². The lowest BCUT2D eigenvalue weighted by molar-refractivity contribution is 0.398. The van der Waals surface area contributed by atoms with Crippen molar-refractivity contribution in [2.24, 2.45) is 10.9 Å². The van der Waals surface area contributed by atoms with E-state index in [1.807, 2.05) is 18.2 Å². The van der Waals surface area contributed by atoms with Crippen LogP contribution in [0.5, 0.6) is 11.5 Å². The predicted octanol–water partition coefficient (Wildman–Crippen LogP) is 3.07. The van der Waals surface area contributed by atoms with Crippen LogP contribution in [0.4, 0.5) is 0 Å². The highest BCUT2D eigenvalue weighted by molar-refractivity contribution is 14.0. The van der Waals surface area contributed by atoms with Gasteiger partial charge in [-0.05, 0) is 43.0 Å². The van der Waals surface area contributed by atoms with Gasteiger partial charge in [-0.25, -0.2) is 0 Å². The van der Waals surface area contributed by atoms with Crippen molar-refractivity contribution in [1.29, 1.82) is 0 Å². The fourth-order valence-electron chi connectivity index (χ4n) is 1.97. The molecule has 0 fully saturated rings. The van der Waals surface area contributed by atoms with Crippen LogP contribution >= 0.6 is 24.0 Å². The van der Waals surface area contributed by atoms with Gasteiger partial charge in [-0.3, -0.25) is 4.99 Å². The Bertz CT molecular complexity index is 493. The first-order valence-corrected chi connectivity index (χ1v) is 7.69.